The van der Waals surface area contributed by atoms with Crippen molar-refractivity contribution >= 4 is 5.69 Å². The Morgan fingerprint density at radius 2 is 2.11 bits per heavy atom. The van der Waals surface area contributed by atoms with Gasteiger partial charge in [0.2, 0.25) is 5.75 Å². The highest BCUT2D eigenvalue weighted by molar-refractivity contribution is 5.48. The summed E-state index contributed by atoms with van der Waals surface area (Å²) in [5.41, 5.74) is 0.175. The first kappa shape index (κ1) is 14.3. The van der Waals surface area contributed by atoms with Crippen LogP contribution in [0.1, 0.15) is 19.4 Å². The van der Waals surface area contributed by atoms with Gasteiger partial charge in [0.1, 0.15) is 0 Å². The van der Waals surface area contributed by atoms with Crippen molar-refractivity contribution in [1.82, 2.24) is 5.32 Å². The molecule has 0 amide bonds. The number of nitrogens with one attached hydrogen (secondary N) is 1. The molecule has 0 aliphatic rings. The normalized spacial score (nSPS) is 11.0. The highest BCUT2D eigenvalue weighted by Crippen LogP contribution is 2.29. The van der Waals surface area contributed by atoms with Gasteiger partial charge in [-0.15, -0.1) is 0 Å². The van der Waals surface area contributed by atoms with E-state index in [1.54, 1.807) is 0 Å². The van der Waals surface area contributed by atoms with Crippen LogP contribution in [-0.2, 0) is 6.54 Å². The fourth-order valence-corrected chi connectivity index (χ4v) is 1.33. The number of alkyl halides is 2. The summed E-state index contributed by atoms with van der Waals surface area (Å²) in [5.74, 6) is -0.418. The molecule has 0 fully saturated rings. The summed E-state index contributed by atoms with van der Waals surface area (Å²) in [6, 6.07) is 4.14. The van der Waals surface area contributed by atoms with Crippen LogP contribution in [0.4, 0.5) is 14.5 Å². The number of nitro benzene ring substituents is 1. The van der Waals surface area contributed by atoms with Crippen LogP contribution in [0.3, 0.4) is 0 Å². The van der Waals surface area contributed by atoms with E-state index in [1.165, 1.54) is 12.1 Å². The fourth-order valence-electron chi connectivity index (χ4n) is 1.33. The first-order valence-corrected chi connectivity index (χ1v) is 5.35. The Morgan fingerprint density at radius 1 is 1.44 bits per heavy atom. The van der Waals surface area contributed by atoms with E-state index in [-0.39, 0.29) is 6.04 Å². The maximum atomic E-state index is 12.1. The number of rotatable bonds is 6. The van der Waals surface area contributed by atoms with Gasteiger partial charge in [-0.3, -0.25) is 10.1 Å². The zero-order valence-corrected chi connectivity index (χ0v) is 10.0. The Hall–Kier alpha value is -1.76. The molecule has 0 heterocycles. The molecule has 1 aromatic carbocycles. The van der Waals surface area contributed by atoms with Crippen molar-refractivity contribution in [1.29, 1.82) is 0 Å². The zero-order valence-electron chi connectivity index (χ0n) is 10.0. The summed E-state index contributed by atoms with van der Waals surface area (Å²) < 4.78 is 28.4. The third-order valence-corrected chi connectivity index (χ3v) is 2.15. The van der Waals surface area contributed by atoms with Crippen LogP contribution in [0.25, 0.3) is 0 Å². The lowest BCUT2D eigenvalue weighted by molar-refractivity contribution is -0.386. The van der Waals surface area contributed by atoms with E-state index in [0.717, 1.165) is 6.07 Å². The van der Waals surface area contributed by atoms with Gasteiger partial charge in [0.15, 0.2) is 0 Å². The van der Waals surface area contributed by atoms with Crippen molar-refractivity contribution < 1.29 is 18.4 Å². The van der Waals surface area contributed by atoms with Crippen LogP contribution in [-0.4, -0.2) is 17.6 Å². The standard InChI is InChI=1S/C11H14F2N2O3/c1-7(2)14-6-8-3-4-9(15(16)17)10(5-8)18-11(12)13/h3-5,7,11,14H,6H2,1-2H3. The van der Waals surface area contributed by atoms with Crippen molar-refractivity contribution in [2.45, 2.75) is 33.0 Å². The lowest BCUT2D eigenvalue weighted by atomic mass is 10.2. The van der Waals surface area contributed by atoms with Crippen LogP contribution < -0.4 is 10.1 Å². The van der Waals surface area contributed by atoms with E-state index in [4.69, 9.17) is 0 Å². The molecule has 0 unspecified atom stereocenters. The first-order valence-electron chi connectivity index (χ1n) is 5.35. The van der Waals surface area contributed by atoms with Crippen molar-refractivity contribution in [3.8, 4) is 5.75 Å². The number of hydrogen-bond donors (Lipinski definition) is 1. The summed E-state index contributed by atoms with van der Waals surface area (Å²) in [4.78, 5) is 9.89. The van der Waals surface area contributed by atoms with E-state index in [1.807, 2.05) is 13.8 Å². The van der Waals surface area contributed by atoms with Gasteiger partial charge in [0.05, 0.1) is 4.92 Å². The lowest BCUT2D eigenvalue weighted by Crippen LogP contribution is -2.21. The number of halogens is 2. The van der Waals surface area contributed by atoms with Crippen molar-refractivity contribution in [3.63, 3.8) is 0 Å². The molecule has 100 valence electrons. The molecule has 0 aliphatic heterocycles. The predicted molar refractivity (Wildman–Crippen MR) is 61.7 cm³/mol. The van der Waals surface area contributed by atoms with Crippen molar-refractivity contribution in [2.24, 2.45) is 0 Å². The molecule has 0 atom stereocenters. The molecule has 0 saturated carbocycles. The van der Waals surface area contributed by atoms with Gasteiger partial charge in [-0.25, -0.2) is 0 Å². The van der Waals surface area contributed by atoms with Gasteiger partial charge in [-0.2, -0.15) is 8.78 Å². The zero-order chi connectivity index (χ0) is 13.7. The second kappa shape index (κ2) is 6.25. The van der Waals surface area contributed by atoms with Crippen molar-refractivity contribution in [3.05, 3.63) is 33.9 Å². The molecule has 1 N–H and O–H groups in total. The van der Waals surface area contributed by atoms with Gasteiger partial charge in [-0.1, -0.05) is 19.9 Å². The third kappa shape index (κ3) is 4.25. The minimum atomic E-state index is -3.09. The maximum absolute atomic E-state index is 12.1. The molecule has 18 heavy (non-hydrogen) atoms. The summed E-state index contributed by atoms with van der Waals surface area (Å²) in [6.07, 6.45) is 0. The summed E-state index contributed by atoms with van der Waals surface area (Å²) in [5, 5.41) is 13.7. The maximum Gasteiger partial charge on any atom is 0.387 e. The number of ether oxygens (including phenoxy) is 1. The second-order valence-electron chi connectivity index (χ2n) is 3.97. The molecule has 7 heteroatoms. The smallest absolute Gasteiger partial charge is 0.387 e. The Balaban J connectivity index is 2.93. The largest absolute Gasteiger partial charge is 0.427 e. The number of hydrogen-bond acceptors (Lipinski definition) is 4. The van der Waals surface area contributed by atoms with Gasteiger partial charge < -0.3 is 10.1 Å². The molecule has 0 bridgehead atoms. The van der Waals surface area contributed by atoms with Crippen LogP contribution in [0.2, 0.25) is 0 Å². The molecule has 0 aliphatic carbocycles. The van der Waals surface area contributed by atoms with Gasteiger partial charge in [-0.05, 0) is 11.6 Å². The van der Waals surface area contributed by atoms with Crippen molar-refractivity contribution in [2.75, 3.05) is 0 Å². The molecule has 1 aromatic rings. The Labute approximate surface area is 103 Å². The molecule has 5 nitrogen and oxygen atoms in total. The first-order chi connectivity index (χ1) is 8.40. The summed E-state index contributed by atoms with van der Waals surface area (Å²) in [7, 11) is 0. The van der Waals surface area contributed by atoms with Gasteiger partial charge >= 0.3 is 12.3 Å². The van der Waals surface area contributed by atoms with Gasteiger partial charge in [0, 0.05) is 18.7 Å². The van der Waals surface area contributed by atoms with Crippen LogP contribution in [0.5, 0.6) is 5.75 Å². The molecule has 0 aromatic heterocycles. The summed E-state index contributed by atoms with van der Waals surface area (Å²) >= 11 is 0. The van der Waals surface area contributed by atoms with E-state index in [9.17, 15) is 18.9 Å². The average Bonchev–Trinajstić information content (AvgIpc) is 2.25. The predicted octanol–water partition coefficient (Wildman–Crippen LogP) is 2.69. The Morgan fingerprint density at radius 3 is 2.61 bits per heavy atom. The minimum Gasteiger partial charge on any atom is -0.427 e. The highest BCUT2D eigenvalue weighted by Gasteiger charge is 2.18. The minimum absolute atomic E-state index is 0.222. The fraction of sp³-hybridized carbons (Fsp3) is 0.455. The molecule has 0 spiro atoms. The van der Waals surface area contributed by atoms with Crippen LogP contribution >= 0.6 is 0 Å². The van der Waals surface area contributed by atoms with E-state index in [2.05, 4.69) is 10.1 Å². The quantitative estimate of drug-likeness (QED) is 0.631. The molecule has 0 radical (unpaired) electrons. The number of nitro groups is 1. The Bertz CT molecular complexity index is 425. The molecular weight excluding hydrogens is 246 g/mol. The number of nitrogens with zero attached hydrogens (tertiary/aromatic N) is 1. The monoisotopic (exact) mass is 260 g/mol. The van der Waals surface area contributed by atoms with Crippen LogP contribution in [0.15, 0.2) is 18.2 Å². The third-order valence-electron chi connectivity index (χ3n) is 2.15. The average molecular weight is 260 g/mol. The number of benzene rings is 1. The molecule has 1 rings (SSSR count). The van der Waals surface area contributed by atoms with Crippen LogP contribution in [0, 0.1) is 10.1 Å². The molecular formula is C11H14F2N2O3. The summed E-state index contributed by atoms with van der Waals surface area (Å²) in [6.45, 7) is 1.20. The Kier molecular flexibility index (Phi) is 4.96. The topological polar surface area (TPSA) is 64.4 Å². The van der Waals surface area contributed by atoms with E-state index in [0.29, 0.717) is 12.1 Å². The van der Waals surface area contributed by atoms with Gasteiger partial charge in [0.25, 0.3) is 0 Å². The van der Waals surface area contributed by atoms with E-state index >= 15 is 0 Å². The SMILES string of the molecule is CC(C)NCc1ccc([N+](=O)[O-])c(OC(F)F)c1. The second-order valence-corrected chi connectivity index (χ2v) is 3.97. The molecule has 0 saturated heterocycles. The van der Waals surface area contributed by atoms with E-state index < -0.39 is 23.0 Å². The highest BCUT2D eigenvalue weighted by atomic mass is 19.3. The lowest BCUT2D eigenvalue weighted by Gasteiger charge is -2.10.